The maximum Gasteiger partial charge on any atom is 0.324 e. The topological polar surface area (TPSA) is 80.3 Å². The van der Waals surface area contributed by atoms with E-state index in [1.807, 2.05) is 0 Å². The van der Waals surface area contributed by atoms with Crippen LogP contribution in [0.3, 0.4) is 0 Å². The van der Waals surface area contributed by atoms with E-state index in [0.29, 0.717) is 4.48 Å². The Kier molecular flexibility index (Phi) is 10.6. The first kappa shape index (κ1) is 28.8. The van der Waals surface area contributed by atoms with Crippen LogP contribution in [-0.2, 0) is 33.0 Å². The lowest BCUT2D eigenvalue weighted by Crippen LogP contribution is -2.55. The quantitative estimate of drug-likeness (QED) is 0.164. The Hall–Kier alpha value is -1.26. The number of hydrogen-bond acceptors (Lipinski definition) is 7. The molecule has 0 unspecified atom stereocenters. The van der Waals surface area contributed by atoms with Crippen molar-refractivity contribution in [1.82, 2.24) is 0 Å². The number of hydrogen-bond donors (Lipinski definition) is 0. The van der Waals surface area contributed by atoms with Gasteiger partial charge in [-0.2, -0.15) is 0 Å². The Morgan fingerprint density at radius 2 is 1.72 bits per heavy atom. The first-order valence-corrected chi connectivity index (χ1v) is 14.2. The molecule has 0 aliphatic carbocycles. The maximum atomic E-state index is 13.1. The first-order chi connectivity index (χ1) is 14.8. The molecule has 0 saturated carbocycles. The highest BCUT2D eigenvalue weighted by atomic mass is 79.9. The minimum Gasteiger partial charge on any atom is -0.468 e. The Morgan fingerprint density at radius 1 is 1.16 bits per heavy atom. The molecule has 0 aromatic carbocycles. The highest BCUT2D eigenvalue weighted by Gasteiger charge is 2.58. The van der Waals surface area contributed by atoms with Gasteiger partial charge in [0.25, 0.3) is 0 Å². The molecule has 32 heavy (non-hydrogen) atoms. The summed E-state index contributed by atoms with van der Waals surface area (Å²) in [6.07, 6.45) is 3.67. The number of ether oxygens (including phenoxy) is 4. The molecule has 1 heterocycles. The highest BCUT2D eigenvalue weighted by Crippen LogP contribution is 2.45. The number of methoxy groups -OCH3 is 2. The third kappa shape index (κ3) is 6.63. The maximum absolute atomic E-state index is 13.1. The fraction of sp³-hybridized carbons (Fsp3) is 0.652. The van der Waals surface area contributed by atoms with Crippen LogP contribution in [0.5, 0.6) is 0 Å². The zero-order valence-corrected chi connectivity index (χ0v) is 22.8. The average molecular weight is 534 g/mol. The van der Waals surface area contributed by atoms with Gasteiger partial charge in [0, 0.05) is 12.3 Å². The summed E-state index contributed by atoms with van der Waals surface area (Å²) in [5, 5.41) is -0.0301. The second-order valence-corrected chi connectivity index (χ2v) is 15.2. The van der Waals surface area contributed by atoms with Crippen molar-refractivity contribution >= 4 is 36.2 Å². The molecular weight excluding hydrogens is 496 g/mol. The molecule has 0 bridgehead atoms. The van der Waals surface area contributed by atoms with Crippen LogP contribution < -0.4 is 0 Å². The molecule has 0 aromatic rings. The van der Waals surface area contributed by atoms with Gasteiger partial charge in [-0.05, 0) is 28.7 Å². The second kappa shape index (κ2) is 11.7. The second-order valence-electron chi connectivity index (χ2n) is 9.30. The Labute approximate surface area is 201 Å². The summed E-state index contributed by atoms with van der Waals surface area (Å²) in [4.78, 5) is 26.2. The first-order valence-electron chi connectivity index (χ1n) is 10.5. The fourth-order valence-electron chi connectivity index (χ4n) is 3.31. The van der Waals surface area contributed by atoms with Gasteiger partial charge < -0.3 is 23.4 Å². The summed E-state index contributed by atoms with van der Waals surface area (Å²) in [6.45, 7) is 18.6. The van der Waals surface area contributed by atoms with E-state index in [0.717, 1.165) is 0 Å². The van der Waals surface area contributed by atoms with Gasteiger partial charge in [0.1, 0.15) is 0 Å². The van der Waals surface area contributed by atoms with E-state index in [1.165, 1.54) is 14.2 Å². The zero-order valence-electron chi connectivity index (χ0n) is 20.2. The molecule has 1 aliphatic rings. The summed E-state index contributed by atoms with van der Waals surface area (Å²) in [6, 6.07) is 0. The Bertz CT molecular complexity index is 710. The van der Waals surface area contributed by atoms with E-state index in [2.05, 4.69) is 63.0 Å². The van der Waals surface area contributed by atoms with Gasteiger partial charge in [-0.25, -0.2) is 0 Å². The van der Waals surface area contributed by atoms with Crippen LogP contribution in [0.4, 0.5) is 0 Å². The molecule has 1 rings (SSSR count). The van der Waals surface area contributed by atoms with Crippen molar-refractivity contribution in [2.75, 3.05) is 27.4 Å². The molecule has 7 nitrogen and oxygen atoms in total. The molecule has 0 fully saturated rings. The monoisotopic (exact) mass is 532 g/mol. The van der Waals surface area contributed by atoms with Crippen LogP contribution in [0.2, 0.25) is 18.1 Å². The number of allylic oxidation sites excluding steroid dienone is 1. The normalized spacial score (nSPS) is 21.7. The summed E-state index contributed by atoms with van der Waals surface area (Å²) in [5.74, 6) is -2.19. The average Bonchev–Trinajstić information content (AvgIpc) is 2.72. The van der Waals surface area contributed by atoms with E-state index in [-0.39, 0.29) is 24.7 Å². The van der Waals surface area contributed by atoms with Crippen molar-refractivity contribution in [3.63, 3.8) is 0 Å². The van der Waals surface area contributed by atoms with Crippen molar-refractivity contribution in [1.29, 1.82) is 0 Å². The predicted octanol–water partition coefficient (Wildman–Crippen LogP) is 4.74. The van der Waals surface area contributed by atoms with Crippen LogP contribution >= 0.6 is 15.9 Å². The zero-order chi connectivity index (χ0) is 24.7. The molecule has 0 spiro atoms. The van der Waals surface area contributed by atoms with Gasteiger partial charge in [-0.1, -0.05) is 55.4 Å². The van der Waals surface area contributed by atoms with E-state index in [9.17, 15) is 9.59 Å². The summed E-state index contributed by atoms with van der Waals surface area (Å²) in [5.41, 5.74) is -1.70. The molecule has 0 radical (unpaired) electrons. The van der Waals surface area contributed by atoms with Crippen LogP contribution in [0, 0.1) is 11.3 Å². The molecule has 1 aliphatic heterocycles. The van der Waals surface area contributed by atoms with Crippen molar-refractivity contribution in [2.24, 2.45) is 11.3 Å². The molecule has 3 atom stereocenters. The van der Waals surface area contributed by atoms with Gasteiger partial charge in [0.2, 0.25) is 0 Å². The number of carbonyl (C=O) groups is 2. The minimum atomic E-state index is -2.15. The van der Waals surface area contributed by atoms with Crippen LogP contribution in [0.25, 0.3) is 0 Å². The lowest BCUT2D eigenvalue weighted by molar-refractivity contribution is -0.195. The molecule has 0 saturated heterocycles. The van der Waals surface area contributed by atoms with Crippen molar-refractivity contribution < 1.29 is 33.0 Å². The molecular formula is C23H37BrO7Si. The van der Waals surface area contributed by atoms with Gasteiger partial charge >= 0.3 is 11.9 Å². The third-order valence-corrected chi connectivity index (χ3v) is 10.9. The summed E-state index contributed by atoms with van der Waals surface area (Å²) >= 11 is 3.30. The summed E-state index contributed by atoms with van der Waals surface area (Å²) < 4.78 is 28.8. The molecule has 0 aromatic heterocycles. The predicted molar refractivity (Wildman–Crippen MR) is 130 cm³/mol. The van der Waals surface area contributed by atoms with Gasteiger partial charge in [0.15, 0.2) is 20.0 Å². The molecule has 0 amide bonds. The van der Waals surface area contributed by atoms with Crippen molar-refractivity contribution in [3.8, 4) is 0 Å². The lowest BCUT2D eigenvalue weighted by Gasteiger charge is -2.43. The van der Waals surface area contributed by atoms with Crippen LogP contribution in [0.1, 0.15) is 27.2 Å². The van der Waals surface area contributed by atoms with Crippen molar-refractivity contribution in [3.05, 3.63) is 35.9 Å². The lowest BCUT2D eigenvalue weighted by atomic mass is 9.69. The Morgan fingerprint density at radius 3 is 2.16 bits per heavy atom. The van der Waals surface area contributed by atoms with E-state index in [1.54, 1.807) is 18.2 Å². The van der Waals surface area contributed by atoms with Gasteiger partial charge in [-0.15, -0.1) is 6.58 Å². The van der Waals surface area contributed by atoms with Gasteiger partial charge in [-0.3, -0.25) is 9.59 Å². The fourth-order valence-corrected chi connectivity index (χ4v) is 4.77. The van der Waals surface area contributed by atoms with Crippen LogP contribution in [0.15, 0.2) is 35.9 Å². The van der Waals surface area contributed by atoms with Gasteiger partial charge in [0.05, 0.1) is 33.5 Å². The van der Waals surface area contributed by atoms with E-state index >= 15 is 0 Å². The summed E-state index contributed by atoms with van der Waals surface area (Å²) in [7, 11) is 0.327. The third-order valence-electron chi connectivity index (χ3n) is 6.12. The van der Waals surface area contributed by atoms with E-state index < -0.39 is 44.0 Å². The number of carbonyl (C=O) groups excluding carboxylic acids is 2. The number of halogens is 1. The number of esters is 2. The van der Waals surface area contributed by atoms with Crippen molar-refractivity contribution in [2.45, 2.75) is 57.7 Å². The van der Waals surface area contributed by atoms with Crippen LogP contribution in [-0.4, -0.2) is 60.1 Å². The Balaban J connectivity index is 3.49. The molecule has 182 valence electrons. The number of rotatable bonds is 11. The molecule has 9 heteroatoms. The SMILES string of the molecule is C=CCO[C@@H]1C=C[C@H](C(CC(=C)Br)(C(=O)OC)C(=O)OC)[C@@H](CO[Si](C)(C)C(C)(C)C)O1. The highest BCUT2D eigenvalue weighted by molar-refractivity contribution is 9.11. The smallest absolute Gasteiger partial charge is 0.324 e. The standard InChI is InChI=1S/C23H37BrO7Si/c1-10-13-29-19-12-11-17(18(31-19)15-30-32(8,9)22(3,4)5)23(14-16(2)24,20(25)27-6)21(26)28-7/h10-12,17-19H,1-2,13-15H2,3-9H3/t17-,18+,19-/m0/s1. The largest absolute Gasteiger partial charge is 0.468 e. The molecule has 0 N–H and O–H groups in total. The van der Waals surface area contributed by atoms with E-state index in [4.69, 9.17) is 23.4 Å². The minimum absolute atomic E-state index is 0.0283.